The van der Waals surface area contributed by atoms with Crippen molar-refractivity contribution in [2.24, 2.45) is 0 Å². The highest BCUT2D eigenvalue weighted by atomic mass is 32.1. The first-order chi connectivity index (χ1) is 11.7. The highest BCUT2D eigenvalue weighted by molar-refractivity contribution is 7.80. The molecule has 3 rings (SSSR count). The van der Waals surface area contributed by atoms with Crippen LogP contribution in [0.1, 0.15) is 25.1 Å². The van der Waals surface area contributed by atoms with Crippen molar-refractivity contribution in [2.75, 3.05) is 25.6 Å². The summed E-state index contributed by atoms with van der Waals surface area (Å²) in [5.74, 6) is 0.905. The van der Waals surface area contributed by atoms with Gasteiger partial charge in [-0.2, -0.15) is 0 Å². The molecule has 1 aromatic carbocycles. The topological polar surface area (TPSA) is 68.2 Å². The lowest BCUT2D eigenvalue weighted by Crippen LogP contribution is -2.31. The van der Waals surface area contributed by atoms with Gasteiger partial charge in [-0.05, 0) is 43.3 Å². The van der Waals surface area contributed by atoms with Gasteiger partial charge in [-0.1, -0.05) is 6.42 Å². The fourth-order valence-corrected chi connectivity index (χ4v) is 3.16. The maximum Gasteiger partial charge on any atom is 0.261 e. The number of anilines is 1. The average molecular weight is 346 g/mol. The van der Waals surface area contributed by atoms with Crippen molar-refractivity contribution in [3.05, 3.63) is 34.4 Å². The minimum atomic E-state index is 0.0406. The van der Waals surface area contributed by atoms with E-state index in [1.165, 1.54) is 0 Å². The lowest BCUT2D eigenvalue weighted by atomic mass is 10.2. The van der Waals surface area contributed by atoms with Gasteiger partial charge in [-0.15, -0.1) is 0 Å². The molecule has 2 heterocycles. The molecule has 0 radical (unpaired) electrons. The molecule has 2 N–H and O–H groups in total. The predicted octanol–water partition coefficient (Wildman–Crippen LogP) is 2.06. The molecule has 1 aromatic heterocycles. The largest absolute Gasteiger partial charge is 0.383 e. The van der Waals surface area contributed by atoms with Crippen molar-refractivity contribution >= 4 is 33.9 Å². The zero-order valence-corrected chi connectivity index (χ0v) is 14.6. The molecule has 24 heavy (non-hydrogen) atoms. The summed E-state index contributed by atoms with van der Waals surface area (Å²) in [6.07, 6.45) is 4.15. The third-order valence-corrected chi connectivity index (χ3v) is 4.41. The number of benzene rings is 1. The smallest absolute Gasteiger partial charge is 0.261 e. The quantitative estimate of drug-likeness (QED) is 0.652. The third kappa shape index (κ3) is 3.73. The van der Waals surface area contributed by atoms with Crippen LogP contribution in [-0.4, -0.2) is 34.9 Å². The van der Waals surface area contributed by atoms with Gasteiger partial charge in [-0.25, -0.2) is 4.98 Å². The molecular weight excluding hydrogens is 324 g/mol. The number of aryl methyl sites for hydroxylation is 1. The zero-order valence-electron chi connectivity index (χ0n) is 13.8. The van der Waals surface area contributed by atoms with Crippen molar-refractivity contribution in [3.8, 4) is 0 Å². The van der Waals surface area contributed by atoms with Gasteiger partial charge in [0.2, 0.25) is 0 Å². The van der Waals surface area contributed by atoms with Crippen LogP contribution in [0.15, 0.2) is 23.0 Å². The van der Waals surface area contributed by atoms with Gasteiger partial charge in [0.15, 0.2) is 5.11 Å². The van der Waals surface area contributed by atoms with E-state index in [-0.39, 0.29) is 5.56 Å². The van der Waals surface area contributed by atoms with Crippen LogP contribution < -0.4 is 16.2 Å². The molecule has 0 saturated carbocycles. The highest BCUT2D eigenvalue weighted by Crippen LogP contribution is 2.18. The van der Waals surface area contributed by atoms with Gasteiger partial charge in [0.25, 0.3) is 5.56 Å². The Morgan fingerprint density at radius 3 is 3.08 bits per heavy atom. The minimum Gasteiger partial charge on any atom is -0.383 e. The molecule has 0 saturated heterocycles. The fourth-order valence-electron chi connectivity index (χ4n) is 2.94. The molecule has 2 aromatic rings. The first-order valence-electron chi connectivity index (χ1n) is 8.26. The molecular formula is C17H22N4O2S. The Kier molecular flexibility index (Phi) is 5.42. The summed E-state index contributed by atoms with van der Waals surface area (Å²) in [4.78, 5) is 17.5. The second-order valence-corrected chi connectivity index (χ2v) is 6.31. The van der Waals surface area contributed by atoms with Crippen molar-refractivity contribution in [3.63, 3.8) is 0 Å². The van der Waals surface area contributed by atoms with Crippen LogP contribution in [0, 0.1) is 0 Å². The molecule has 0 fully saturated rings. The predicted molar refractivity (Wildman–Crippen MR) is 99.7 cm³/mol. The number of aromatic nitrogens is 2. The van der Waals surface area contributed by atoms with Crippen LogP contribution in [-0.2, 0) is 17.7 Å². The van der Waals surface area contributed by atoms with Crippen LogP contribution in [0.4, 0.5) is 5.69 Å². The number of hydrogen-bond donors (Lipinski definition) is 2. The second kappa shape index (κ2) is 7.72. The van der Waals surface area contributed by atoms with Crippen LogP contribution in [0.3, 0.4) is 0 Å². The number of methoxy groups -OCH3 is 1. The number of nitrogens with one attached hydrogen (secondary N) is 2. The molecule has 128 valence electrons. The molecule has 6 nitrogen and oxygen atoms in total. The van der Waals surface area contributed by atoms with E-state index in [1.807, 2.05) is 22.8 Å². The summed E-state index contributed by atoms with van der Waals surface area (Å²) in [6.45, 7) is 1.97. The molecule has 0 amide bonds. The molecule has 0 spiro atoms. The van der Waals surface area contributed by atoms with Crippen molar-refractivity contribution in [1.29, 1.82) is 0 Å². The first kappa shape index (κ1) is 16.9. The van der Waals surface area contributed by atoms with E-state index in [2.05, 4.69) is 15.6 Å². The summed E-state index contributed by atoms with van der Waals surface area (Å²) in [7, 11) is 1.64. The lowest BCUT2D eigenvalue weighted by molar-refractivity contribution is 0.204. The number of ether oxygens (including phenoxy) is 1. The maximum atomic E-state index is 12.8. The molecule has 0 aliphatic carbocycles. The highest BCUT2D eigenvalue weighted by Gasteiger charge is 2.14. The third-order valence-electron chi connectivity index (χ3n) is 4.16. The normalized spacial score (nSPS) is 14.0. The number of hydrogen-bond acceptors (Lipinski definition) is 4. The van der Waals surface area contributed by atoms with Gasteiger partial charge in [-0.3, -0.25) is 9.36 Å². The Morgan fingerprint density at radius 1 is 1.38 bits per heavy atom. The Hall–Kier alpha value is -1.99. The molecule has 1 aliphatic rings. The van der Waals surface area contributed by atoms with Gasteiger partial charge in [0.1, 0.15) is 5.82 Å². The van der Waals surface area contributed by atoms with Crippen LogP contribution in [0.5, 0.6) is 0 Å². The first-order valence-corrected chi connectivity index (χ1v) is 8.67. The fraction of sp³-hybridized carbons (Fsp3) is 0.471. The minimum absolute atomic E-state index is 0.0406. The summed E-state index contributed by atoms with van der Waals surface area (Å²) >= 11 is 5.24. The molecule has 0 unspecified atom stereocenters. The second-order valence-electron chi connectivity index (χ2n) is 5.90. The van der Waals surface area contributed by atoms with E-state index in [0.717, 1.165) is 49.3 Å². The summed E-state index contributed by atoms with van der Waals surface area (Å²) in [5.41, 5.74) is 1.57. The van der Waals surface area contributed by atoms with E-state index in [9.17, 15) is 4.79 Å². The van der Waals surface area contributed by atoms with Gasteiger partial charge < -0.3 is 15.4 Å². The van der Waals surface area contributed by atoms with E-state index >= 15 is 0 Å². The lowest BCUT2D eigenvalue weighted by Gasteiger charge is -2.13. The number of rotatable bonds is 4. The van der Waals surface area contributed by atoms with Crippen LogP contribution >= 0.6 is 12.2 Å². The Labute approximate surface area is 146 Å². The number of thiocarbonyl (C=S) groups is 1. The zero-order chi connectivity index (χ0) is 16.9. The SMILES string of the molecule is COCCNC(=S)Nc1ccc2nc3n(c(=O)c2c1)CCCCC3. The van der Waals surface area contributed by atoms with Gasteiger partial charge >= 0.3 is 0 Å². The van der Waals surface area contributed by atoms with Crippen molar-refractivity contribution < 1.29 is 4.74 Å². The Bertz CT molecular complexity index is 803. The monoisotopic (exact) mass is 346 g/mol. The summed E-state index contributed by atoms with van der Waals surface area (Å²) in [6, 6.07) is 5.60. The van der Waals surface area contributed by atoms with E-state index in [0.29, 0.717) is 23.7 Å². The molecule has 7 heteroatoms. The van der Waals surface area contributed by atoms with Crippen LogP contribution in [0.2, 0.25) is 0 Å². The Morgan fingerprint density at radius 2 is 2.25 bits per heavy atom. The van der Waals surface area contributed by atoms with Crippen molar-refractivity contribution in [2.45, 2.75) is 32.2 Å². The number of fused-ring (bicyclic) bond motifs is 2. The van der Waals surface area contributed by atoms with E-state index < -0.39 is 0 Å². The Balaban J connectivity index is 1.86. The van der Waals surface area contributed by atoms with E-state index in [1.54, 1.807) is 7.11 Å². The molecule has 0 bridgehead atoms. The average Bonchev–Trinajstić information content (AvgIpc) is 2.81. The maximum absolute atomic E-state index is 12.8. The summed E-state index contributed by atoms with van der Waals surface area (Å²) < 4.78 is 6.80. The molecule has 1 aliphatic heterocycles. The van der Waals surface area contributed by atoms with Crippen LogP contribution in [0.25, 0.3) is 10.9 Å². The van der Waals surface area contributed by atoms with E-state index in [4.69, 9.17) is 17.0 Å². The van der Waals surface area contributed by atoms with Gasteiger partial charge in [0.05, 0.1) is 17.5 Å². The van der Waals surface area contributed by atoms with Crippen molar-refractivity contribution in [1.82, 2.24) is 14.9 Å². The molecule has 0 atom stereocenters. The standard InChI is InChI=1S/C17H22N4O2S/c1-23-10-8-18-17(24)19-12-6-7-14-13(11-12)16(22)21-9-4-2-3-5-15(21)20-14/h6-7,11H,2-5,8-10H2,1H3,(H2,18,19,24). The number of nitrogens with zero attached hydrogens (tertiary/aromatic N) is 2. The van der Waals surface area contributed by atoms with Gasteiger partial charge in [0, 0.05) is 32.3 Å². The summed E-state index contributed by atoms with van der Waals surface area (Å²) in [5, 5.41) is 7.29.